The lowest BCUT2D eigenvalue weighted by Crippen LogP contribution is -1.87. The maximum absolute atomic E-state index is 8.74. The third kappa shape index (κ3) is 0.924. The average Bonchev–Trinajstić information content (AvgIpc) is 1.86. The highest BCUT2D eigenvalue weighted by atomic mass is 31.1. The highest BCUT2D eigenvalue weighted by Gasteiger charge is 2.08. The number of hydrogen-bond acceptors (Lipinski definition) is 1. The lowest BCUT2D eigenvalue weighted by Gasteiger charge is -1.91. The number of aliphatic hydroxyl groups is 1. The summed E-state index contributed by atoms with van der Waals surface area (Å²) >= 11 is 0. The molecule has 0 aromatic carbocycles. The molecule has 0 saturated carbocycles. The van der Waals surface area contributed by atoms with Crippen molar-refractivity contribution in [1.82, 2.24) is 0 Å². The number of aliphatic hydroxyl groups excluding tert-OH is 1. The Kier molecular flexibility index (Phi) is 1.44. The minimum Gasteiger partial charge on any atom is -0.389 e. The van der Waals surface area contributed by atoms with Gasteiger partial charge < -0.3 is 5.11 Å². The van der Waals surface area contributed by atoms with Crippen LogP contribution in [0.1, 0.15) is 12.8 Å². The lowest BCUT2D eigenvalue weighted by atomic mass is 10.4. The van der Waals surface area contributed by atoms with Crippen molar-refractivity contribution in [2.75, 3.05) is 6.16 Å². The summed E-state index contributed by atoms with van der Waals surface area (Å²) in [7, 11) is 0.838. The molecule has 1 aliphatic rings. The summed E-state index contributed by atoms with van der Waals surface area (Å²) in [5.41, 5.74) is 0. The van der Waals surface area contributed by atoms with Crippen LogP contribution in [0.25, 0.3) is 0 Å². The van der Waals surface area contributed by atoms with E-state index in [1.165, 1.54) is 12.6 Å². The fourth-order valence-corrected chi connectivity index (χ4v) is 1.82. The Hall–Kier alpha value is 0.390. The van der Waals surface area contributed by atoms with E-state index in [0.29, 0.717) is 0 Å². The summed E-state index contributed by atoms with van der Waals surface area (Å²) < 4.78 is 0. The van der Waals surface area contributed by atoms with E-state index in [2.05, 4.69) is 0 Å². The molecule has 0 bridgehead atoms. The van der Waals surface area contributed by atoms with Gasteiger partial charge in [-0.1, -0.05) is 8.58 Å². The Balaban J connectivity index is 2.18. The van der Waals surface area contributed by atoms with Crippen LogP contribution in [-0.2, 0) is 0 Å². The van der Waals surface area contributed by atoms with Gasteiger partial charge in [0.15, 0.2) is 0 Å². The van der Waals surface area contributed by atoms with Crippen molar-refractivity contribution < 1.29 is 5.11 Å². The largest absolute Gasteiger partial charge is 0.389 e. The van der Waals surface area contributed by atoms with Crippen molar-refractivity contribution in [3.8, 4) is 0 Å². The predicted molar refractivity (Wildman–Crippen MR) is 28.4 cm³/mol. The Morgan fingerprint density at radius 3 is 2.67 bits per heavy atom. The van der Waals surface area contributed by atoms with Gasteiger partial charge in [0.05, 0.1) is 5.85 Å². The second-order valence-electron chi connectivity index (χ2n) is 1.61. The van der Waals surface area contributed by atoms with E-state index >= 15 is 0 Å². The zero-order valence-electron chi connectivity index (χ0n) is 3.65. The molecule has 1 heterocycles. The first-order valence-corrected chi connectivity index (χ1v) is 3.59. The van der Waals surface area contributed by atoms with Crippen molar-refractivity contribution in [2.24, 2.45) is 0 Å². The minimum atomic E-state index is 0.0741. The molecule has 1 N–H and O–H groups in total. The maximum Gasteiger partial charge on any atom is 0.0702 e. The first-order valence-electron chi connectivity index (χ1n) is 2.31. The molecule has 2 atom stereocenters. The molecule has 0 spiro atoms. The minimum absolute atomic E-state index is 0.0741. The summed E-state index contributed by atoms with van der Waals surface area (Å²) in [6.45, 7) is 0. The fourth-order valence-electron chi connectivity index (χ4n) is 0.666. The summed E-state index contributed by atoms with van der Waals surface area (Å²) in [6.07, 6.45) is 3.57. The molecular weight excluding hydrogens is 95.0 g/mol. The van der Waals surface area contributed by atoms with E-state index in [-0.39, 0.29) is 5.85 Å². The van der Waals surface area contributed by atoms with Gasteiger partial charge in [-0.3, -0.25) is 0 Å². The molecule has 1 rings (SSSR count). The van der Waals surface area contributed by atoms with Gasteiger partial charge in [0, 0.05) is 0 Å². The average molecular weight is 104 g/mol. The highest BCUT2D eigenvalue weighted by Crippen LogP contribution is 2.29. The molecule has 2 heteroatoms. The van der Waals surface area contributed by atoms with Crippen molar-refractivity contribution in [1.29, 1.82) is 0 Å². The summed E-state index contributed by atoms with van der Waals surface area (Å²) in [5, 5.41) is 8.74. The van der Waals surface area contributed by atoms with Crippen molar-refractivity contribution in [2.45, 2.75) is 18.7 Å². The molecular formula is C4H9OP. The van der Waals surface area contributed by atoms with E-state index in [1.54, 1.807) is 0 Å². The smallest absolute Gasteiger partial charge is 0.0702 e. The van der Waals surface area contributed by atoms with Gasteiger partial charge in [0.1, 0.15) is 0 Å². The van der Waals surface area contributed by atoms with Crippen LogP contribution in [-0.4, -0.2) is 17.1 Å². The molecule has 1 fully saturated rings. The topological polar surface area (TPSA) is 20.2 Å². The number of hydrogen-bond donors (Lipinski definition) is 1. The zero-order valence-corrected chi connectivity index (χ0v) is 4.65. The SMILES string of the molecule is OC1CCCP1. The molecule has 0 aromatic rings. The molecule has 0 aromatic heterocycles. The van der Waals surface area contributed by atoms with Crippen LogP contribution >= 0.6 is 8.58 Å². The zero-order chi connectivity index (χ0) is 4.41. The lowest BCUT2D eigenvalue weighted by molar-refractivity contribution is 0.257. The molecule has 2 unspecified atom stereocenters. The van der Waals surface area contributed by atoms with E-state index in [4.69, 9.17) is 5.11 Å². The third-order valence-corrected chi connectivity index (χ3v) is 2.44. The van der Waals surface area contributed by atoms with Crippen LogP contribution in [0, 0.1) is 0 Å². The predicted octanol–water partition coefficient (Wildman–Crippen LogP) is 0.777. The van der Waals surface area contributed by atoms with E-state index in [1.807, 2.05) is 0 Å². The van der Waals surface area contributed by atoms with Gasteiger partial charge in [-0.25, -0.2) is 0 Å². The van der Waals surface area contributed by atoms with Gasteiger partial charge in [-0.2, -0.15) is 0 Å². The van der Waals surface area contributed by atoms with Crippen molar-refractivity contribution >= 4 is 8.58 Å². The summed E-state index contributed by atoms with van der Waals surface area (Å²) in [4.78, 5) is 0. The summed E-state index contributed by atoms with van der Waals surface area (Å²) in [6, 6.07) is 0. The van der Waals surface area contributed by atoms with Crippen LogP contribution < -0.4 is 0 Å². The van der Waals surface area contributed by atoms with Gasteiger partial charge in [-0.15, -0.1) is 0 Å². The molecule has 1 aliphatic heterocycles. The first-order chi connectivity index (χ1) is 2.89. The molecule has 0 aliphatic carbocycles. The Bertz CT molecular complexity index is 40.8. The van der Waals surface area contributed by atoms with E-state index in [9.17, 15) is 0 Å². The summed E-state index contributed by atoms with van der Waals surface area (Å²) in [5.74, 6) is 0.0741. The maximum atomic E-state index is 8.74. The van der Waals surface area contributed by atoms with E-state index < -0.39 is 0 Å². The van der Waals surface area contributed by atoms with Crippen molar-refractivity contribution in [3.05, 3.63) is 0 Å². The van der Waals surface area contributed by atoms with Crippen LogP contribution in [0.15, 0.2) is 0 Å². The first kappa shape index (κ1) is 4.55. The quantitative estimate of drug-likeness (QED) is 0.450. The van der Waals surface area contributed by atoms with Crippen LogP contribution in [0.3, 0.4) is 0 Å². The fraction of sp³-hybridized carbons (Fsp3) is 1.00. The molecule has 0 amide bonds. The van der Waals surface area contributed by atoms with Crippen LogP contribution in [0.4, 0.5) is 0 Å². The van der Waals surface area contributed by atoms with Crippen molar-refractivity contribution in [3.63, 3.8) is 0 Å². The van der Waals surface area contributed by atoms with Gasteiger partial charge >= 0.3 is 0 Å². The highest BCUT2D eigenvalue weighted by molar-refractivity contribution is 7.38. The molecule has 1 saturated heterocycles. The van der Waals surface area contributed by atoms with Gasteiger partial charge in [-0.05, 0) is 19.0 Å². The molecule has 6 heavy (non-hydrogen) atoms. The Morgan fingerprint density at radius 1 is 1.67 bits per heavy atom. The van der Waals surface area contributed by atoms with Crippen LogP contribution in [0.2, 0.25) is 0 Å². The van der Waals surface area contributed by atoms with Crippen LogP contribution in [0.5, 0.6) is 0 Å². The standard InChI is InChI=1S/C4H9OP/c5-4-2-1-3-6-4/h4-6H,1-3H2. The Labute approximate surface area is 39.5 Å². The van der Waals surface area contributed by atoms with E-state index in [0.717, 1.165) is 15.0 Å². The van der Waals surface area contributed by atoms with Gasteiger partial charge in [0.25, 0.3) is 0 Å². The number of rotatable bonds is 0. The monoisotopic (exact) mass is 104 g/mol. The molecule has 1 nitrogen and oxygen atoms in total. The second-order valence-corrected chi connectivity index (χ2v) is 3.19. The molecule has 36 valence electrons. The normalized spacial score (nSPS) is 38.5. The third-order valence-electron chi connectivity index (χ3n) is 1.03. The van der Waals surface area contributed by atoms with Gasteiger partial charge in [0.2, 0.25) is 0 Å². The Morgan fingerprint density at radius 2 is 2.50 bits per heavy atom. The second kappa shape index (κ2) is 1.90. The molecule has 0 radical (unpaired) electrons.